The molecule has 2 aliphatic rings. The quantitative estimate of drug-likeness (QED) is 0.479. The average molecular weight is 375 g/mol. The van der Waals surface area contributed by atoms with Gasteiger partial charge < -0.3 is 20.2 Å². The Morgan fingerprint density at radius 1 is 1.37 bits per heavy atom. The van der Waals surface area contributed by atoms with Gasteiger partial charge in [-0.25, -0.2) is 0 Å². The largest absolute Gasteiger partial charge is 0.481 e. The molecule has 5 atom stereocenters. The maximum atomic E-state index is 10.6. The van der Waals surface area contributed by atoms with Crippen LogP contribution in [-0.4, -0.2) is 39.7 Å². The highest BCUT2D eigenvalue weighted by atomic mass is 16.6. The third-order valence-corrected chi connectivity index (χ3v) is 6.05. The van der Waals surface area contributed by atoms with Gasteiger partial charge in [0.15, 0.2) is 0 Å². The molecule has 5 unspecified atom stereocenters. The van der Waals surface area contributed by atoms with Crippen molar-refractivity contribution >= 4 is 11.7 Å². The van der Waals surface area contributed by atoms with Crippen molar-refractivity contribution in [2.45, 2.75) is 58.2 Å². The van der Waals surface area contributed by atoms with Crippen LogP contribution in [0.1, 0.15) is 54.9 Å². The number of carboxylic acids is 1. The Labute approximate surface area is 159 Å². The Morgan fingerprint density at radius 3 is 2.85 bits per heavy atom. The molecule has 0 aromatic heterocycles. The van der Waals surface area contributed by atoms with Crippen molar-refractivity contribution in [3.8, 4) is 0 Å². The minimum atomic E-state index is -0.902. The van der Waals surface area contributed by atoms with E-state index < -0.39 is 12.1 Å². The van der Waals surface area contributed by atoms with E-state index >= 15 is 0 Å². The van der Waals surface area contributed by atoms with Crippen molar-refractivity contribution in [1.82, 2.24) is 0 Å². The van der Waals surface area contributed by atoms with Crippen LogP contribution in [0.15, 0.2) is 23.4 Å². The smallest absolute Gasteiger partial charge is 0.306 e. The molecule has 1 aromatic carbocycles. The lowest BCUT2D eigenvalue weighted by Gasteiger charge is -2.33. The molecule has 2 fully saturated rings. The highest BCUT2D eigenvalue weighted by molar-refractivity contribution is 5.93. The summed E-state index contributed by atoms with van der Waals surface area (Å²) in [5, 5.41) is 33.8. The number of aliphatic hydroxyl groups is 2. The Kier molecular flexibility index (Phi) is 6.17. The van der Waals surface area contributed by atoms with E-state index in [1.54, 1.807) is 0 Å². The second-order valence-corrected chi connectivity index (χ2v) is 7.97. The number of benzene rings is 1. The topological polar surface area (TPSA) is 99.4 Å². The summed E-state index contributed by atoms with van der Waals surface area (Å²) < 4.78 is 0. The molecule has 2 aliphatic carbocycles. The van der Waals surface area contributed by atoms with Gasteiger partial charge in [-0.2, -0.15) is 0 Å². The lowest BCUT2D eigenvalue weighted by Crippen LogP contribution is -2.38. The van der Waals surface area contributed by atoms with Crippen LogP contribution >= 0.6 is 0 Å². The molecule has 0 amide bonds. The predicted molar refractivity (Wildman–Crippen MR) is 101 cm³/mol. The second-order valence-electron chi connectivity index (χ2n) is 7.97. The Bertz CT molecular complexity index is 717. The van der Waals surface area contributed by atoms with E-state index in [2.05, 4.69) is 11.2 Å². The SMILES string of the molecule is Cc1ccc(C(O)CCC2CC3C(=NOCCC(=O)O)CC3C2O)c(C)c1. The van der Waals surface area contributed by atoms with E-state index in [1.165, 1.54) is 5.56 Å². The third kappa shape index (κ3) is 4.50. The van der Waals surface area contributed by atoms with E-state index in [0.29, 0.717) is 6.42 Å². The molecule has 6 nitrogen and oxygen atoms in total. The van der Waals surface area contributed by atoms with Gasteiger partial charge in [0, 0.05) is 5.92 Å². The zero-order chi connectivity index (χ0) is 19.6. The second kappa shape index (κ2) is 8.40. The van der Waals surface area contributed by atoms with Crippen LogP contribution in [0.2, 0.25) is 0 Å². The number of carboxylic acid groups (broad SMARTS) is 1. The monoisotopic (exact) mass is 375 g/mol. The van der Waals surface area contributed by atoms with Crippen molar-refractivity contribution in [3.63, 3.8) is 0 Å². The zero-order valence-corrected chi connectivity index (χ0v) is 16.0. The van der Waals surface area contributed by atoms with Crippen LogP contribution in [0.4, 0.5) is 0 Å². The number of aliphatic carboxylic acids is 1. The number of carbonyl (C=O) groups is 1. The molecule has 0 saturated heterocycles. The Hall–Kier alpha value is -1.92. The van der Waals surface area contributed by atoms with Crippen molar-refractivity contribution < 1.29 is 25.0 Å². The fourth-order valence-electron chi connectivity index (χ4n) is 4.49. The van der Waals surface area contributed by atoms with Gasteiger partial charge in [0.05, 0.1) is 24.3 Å². The van der Waals surface area contributed by atoms with Gasteiger partial charge in [-0.3, -0.25) is 4.79 Å². The first-order valence-corrected chi connectivity index (χ1v) is 9.70. The molecule has 3 rings (SSSR count). The molecule has 0 radical (unpaired) electrons. The van der Waals surface area contributed by atoms with Gasteiger partial charge in [-0.1, -0.05) is 28.9 Å². The van der Waals surface area contributed by atoms with E-state index in [4.69, 9.17) is 9.94 Å². The summed E-state index contributed by atoms with van der Waals surface area (Å²) in [6.07, 6.45) is 2.04. The number of rotatable bonds is 8. The van der Waals surface area contributed by atoms with Crippen LogP contribution in [0.5, 0.6) is 0 Å². The molecule has 148 valence electrons. The highest BCUT2D eigenvalue weighted by Crippen LogP contribution is 2.49. The van der Waals surface area contributed by atoms with Crippen LogP contribution in [-0.2, 0) is 9.63 Å². The van der Waals surface area contributed by atoms with Crippen molar-refractivity contribution in [2.24, 2.45) is 22.9 Å². The molecule has 27 heavy (non-hydrogen) atoms. The molecular weight excluding hydrogens is 346 g/mol. The molecule has 6 heteroatoms. The summed E-state index contributed by atoms with van der Waals surface area (Å²) in [6.45, 7) is 4.13. The number of nitrogens with zero attached hydrogens (tertiary/aromatic N) is 1. The summed E-state index contributed by atoms with van der Waals surface area (Å²) in [5.41, 5.74) is 4.18. The Balaban J connectivity index is 1.49. The van der Waals surface area contributed by atoms with E-state index in [-0.39, 0.29) is 36.9 Å². The molecule has 3 N–H and O–H groups in total. The molecule has 0 heterocycles. The molecule has 0 aliphatic heterocycles. The average Bonchev–Trinajstić information content (AvgIpc) is 2.83. The standard InChI is InChI=1S/C21H29NO5/c1-12-3-5-15(13(2)9-12)19(23)6-4-14-10-16-17(21(14)26)11-18(16)22-27-8-7-20(24)25/h3,5,9,14,16-17,19,21,23,26H,4,6-8,10-11H2,1-2H3,(H,24,25). The number of aliphatic hydroxyl groups excluding tert-OH is 2. The van der Waals surface area contributed by atoms with Crippen LogP contribution in [0, 0.1) is 31.6 Å². The summed E-state index contributed by atoms with van der Waals surface area (Å²) in [5.74, 6) is -0.296. The maximum Gasteiger partial charge on any atom is 0.306 e. The van der Waals surface area contributed by atoms with Gasteiger partial charge in [-0.15, -0.1) is 0 Å². The van der Waals surface area contributed by atoms with Crippen molar-refractivity contribution in [2.75, 3.05) is 6.61 Å². The summed E-state index contributed by atoms with van der Waals surface area (Å²) >= 11 is 0. The van der Waals surface area contributed by atoms with E-state index in [0.717, 1.165) is 36.1 Å². The predicted octanol–water partition coefficient (Wildman–Crippen LogP) is 2.98. The first-order valence-electron chi connectivity index (χ1n) is 9.70. The number of fused-ring (bicyclic) bond motifs is 1. The minimum Gasteiger partial charge on any atom is -0.481 e. The summed E-state index contributed by atoms with van der Waals surface area (Å²) in [4.78, 5) is 15.6. The lowest BCUT2D eigenvalue weighted by atomic mass is 9.73. The molecule has 2 saturated carbocycles. The number of hydrogen-bond donors (Lipinski definition) is 3. The first-order chi connectivity index (χ1) is 12.9. The third-order valence-electron chi connectivity index (χ3n) is 6.05. The fourth-order valence-corrected chi connectivity index (χ4v) is 4.49. The van der Waals surface area contributed by atoms with Crippen molar-refractivity contribution in [1.29, 1.82) is 0 Å². The molecule has 0 spiro atoms. The van der Waals surface area contributed by atoms with Crippen LogP contribution in [0.3, 0.4) is 0 Å². The molecule has 1 aromatic rings. The minimum absolute atomic E-state index is 0.0631. The van der Waals surface area contributed by atoms with Crippen molar-refractivity contribution in [3.05, 3.63) is 34.9 Å². The molecule has 0 bridgehead atoms. The summed E-state index contributed by atoms with van der Waals surface area (Å²) in [7, 11) is 0. The van der Waals surface area contributed by atoms with Crippen LogP contribution < -0.4 is 0 Å². The highest BCUT2D eigenvalue weighted by Gasteiger charge is 2.51. The number of oxime groups is 1. The Morgan fingerprint density at radius 2 is 2.15 bits per heavy atom. The zero-order valence-electron chi connectivity index (χ0n) is 16.0. The number of aryl methyl sites for hydroxylation is 2. The summed E-state index contributed by atoms with van der Waals surface area (Å²) in [6, 6.07) is 6.09. The van der Waals surface area contributed by atoms with Gasteiger partial charge >= 0.3 is 5.97 Å². The van der Waals surface area contributed by atoms with E-state index in [9.17, 15) is 15.0 Å². The van der Waals surface area contributed by atoms with Gasteiger partial charge in [0.1, 0.15) is 6.61 Å². The van der Waals surface area contributed by atoms with Gasteiger partial charge in [0.2, 0.25) is 0 Å². The first kappa shape index (κ1) is 19.8. The maximum absolute atomic E-state index is 10.6. The van der Waals surface area contributed by atoms with E-state index in [1.807, 2.05) is 26.0 Å². The van der Waals surface area contributed by atoms with Gasteiger partial charge in [-0.05, 0) is 62.5 Å². The number of hydrogen-bond acceptors (Lipinski definition) is 5. The normalized spacial score (nSPS) is 29.3. The molecular formula is C21H29NO5. The van der Waals surface area contributed by atoms with Gasteiger partial charge in [0.25, 0.3) is 0 Å². The lowest BCUT2D eigenvalue weighted by molar-refractivity contribution is -0.138. The van der Waals surface area contributed by atoms with Crippen LogP contribution in [0.25, 0.3) is 0 Å². The fraction of sp³-hybridized carbons (Fsp3) is 0.619.